The Morgan fingerprint density at radius 3 is 2.41 bits per heavy atom. The zero-order valence-corrected chi connectivity index (χ0v) is 13.0. The summed E-state index contributed by atoms with van der Waals surface area (Å²) in [6.45, 7) is 7.26. The summed E-state index contributed by atoms with van der Waals surface area (Å²) in [5, 5.41) is 9.56. The SMILES string of the molecule is Cc1n[nH]c(C)c1C(C)CC(=O)Nc1c(C)[nH]c(=O)[nH]c1=O. The Morgan fingerprint density at radius 2 is 1.86 bits per heavy atom. The summed E-state index contributed by atoms with van der Waals surface area (Å²) in [4.78, 5) is 39.5. The molecule has 2 aromatic heterocycles. The van der Waals surface area contributed by atoms with Crippen LogP contribution in [0.3, 0.4) is 0 Å². The van der Waals surface area contributed by atoms with E-state index in [4.69, 9.17) is 0 Å². The van der Waals surface area contributed by atoms with Crippen molar-refractivity contribution < 1.29 is 4.79 Å². The molecule has 22 heavy (non-hydrogen) atoms. The number of hydrogen-bond donors (Lipinski definition) is 4. The van der Waals surface area contributed by atoms with Crippen LogP contribution in [0, 0.1) is 20.8 Å². The molecule has 0 fully saturated rings. The zero-order chi connectivity index (χ0) is 16.4. The van der Waals surface area contributed by atoms with Crippen LogP contribution in [0.4, 0.5) is 5.69 Å². The molecule has 2 heterocycles. The first kappa shape index (κ1) is 15.7. The Hall–Kier alpha value is -2.64. The monoisotopic (exact) mass is 305 g/mol. The molecule has 1 unspecified atom stereocenters. The molecular formula is C14H19N5O3. The highest BCUT2D eigenvalue weighted by Gasteiger charge is 2.19. The molecule has 0 spiro atoms. The maximum absolute atomic E-state index is 12.1. The second-order valence-electron chi connectivity index (χ2n) is 5.41. The van der Waals surface area contributed by atoms with Crippen LogP contribution in [0.5, 0.6) is 0 Å². The van der Waals surface area contributed by atoms with E-state index in [0.717, 1.165) is 17.0 Å². The summed E-state index contributed by atoms with van der Waals surface area (Å²) < 4.78 is 0. The van der Waals surface area contributed by atoms with Crippen molar-refractivity contribution in [1.29, 1.82) is 0 Å². The van der Waals surface area contributed by atoms with Gasteiger partial charge in [0.2, 0.25) is 5.91 Å². The number of H-pyrrole nitrogens is 3. The van der Waals surface area contributed by atoms with Crippen LogP contribution in [0.25, 0.3) is 0 Å². The summed E-state index contributed by atoms with van der Waals surface area (Å²) >= 11 is 0. The normalized spacial score (nSPS) is 12.2. The molecule has 118 valence electrons. The molecule has 1 amide bonds. The highest BCUT2D eigenvalue weighted by Crippen LogP contribution is 2.24. The summed E-state index contributed by atoms with van der Waals surface area (Å²) in [5.74, 6) is -0.339. The van der Waals surface area contributed by atoms with Crippen LogP contribution < -0.4 is 16.6 Å². The maximum Gasteiger partial charge on any atom is 0.326 e. The predicted molar refractivity (Wildman–Crippen MR) is 82.1 cm³/mol. The quantitative estimate of drug-likeness (QED) is 0.668. The van der Waals surface area contributed by atoms with Crippen LogP contribution in [0.15, 0.2) is 9.59 Å². The van der Waals surface area contributed by atoms with Crippen LogP contribution in [0.2, 0.25) is 0 Å². The van der Waals surface area contributed by atoms with Gasteiger partial charge in [0.25, 0.3) is 5.56 Å². The lowest BCUT2D eigenvalue weighted by Gasteiger charge is -2.12. The molecule has 0 radical (unpaired) electrons. The predicted octanol–water partition coefficient (Wildman–Crippen LogP) is 0.844. The van der Waals surface area contributed by atoms with E-state index in [9.17, 15) is 14.4 Å². The van der Waals surface area contributed by atoms with E-state index in [1.807, 2.05) is 20.8 Å². The smallest absolute Gasteiger partial charge is 0.320 e. The number of rotatable bonds is 4. The summed E-state index contributed by atoms with van der Waals surface area (Å²) in [7, 11) is 0. The molecule has 0 aliphatic carbocycles. The van der Waals surface area contributed by atoms with E-state index in [2.05, 4.69) is 25.5 Å². The van der Waals surface area contributed by atoms with Crippen LogP contribution in [-0.2, 0) is 4.79 Å². The molecule has 1 atom stereocenters. The number of carbonyl (C=O) groups is 1. The topological polar surface area (TPSA) is 123 Å². The second-order valence-corrected chi connectivity index (χ2v) is 5.41. The van der Waals surface area contributed by atoms with Gasteiger partial charge in [-0.15, -0.1) is 0 Å². The number of hydrogen-bond acceptors (Lipinski definition) is 4. The van der Waals surface area contributed by atoms with Gasteiger partial charge in [0.1, 0.15) is 5.69 Å². The first-order valence-electron chi connectivity index (χ1n) is 6.94. The largest absolute Gasteiger partial charge is 0.326 e. The number of anilines is 1. The third-order valence-corrected chi connectivity index (χ3v) is 3.56. The standard InChI is InChI=1S/C14H19N5O3/c1-6(11-7(2)18-19-8(11)3)5-10(20)16-12-9(4)15-14(22)17-13(12)21/h6H,5H2,1-4H3,(H,16,20)(H,18,19)(H2,15,17,21,22). The number of nitrogens with zero attached hydrogens (tertiary/aromatic N) is 1. The van der Waals surface area contributed by atoms with E-state index < -0.39 is 11.2 Å². The Balaban J connectivity index is 2.14. The molecule has 0 aliphatic rings. The fourth-order valence-corrected chi connectivity index (χ4v) is 2.61. The van der Waals surface area contributed by atoms with Gasteiger partial charge in [-0.2, -0.15) is 5.10 Å². The molecule has 8 nitrogen and oxygen atoms in total. The number of aryl methyl sites for hydroxylation is 3. The minimum Gasteiger partial charge on any atom is -0.320 e. The van der Waals surface area contributed by atoms with Gasteiger partial charge in [0.15, 0.2) is 0 Å². The Bertz CT molecular complexity index is 795. The first-order chi connectivity index (χ1) is 10.3. The lowest BCUT2D eigenvalue weighted by molar-refractivity contribution is -0.116. The molecule has 0 bridgehead atoms. The van der Waals surface area contributed by atoms with E-state index in [0.29, 0.717) is 5.69 Å². The summed E-state index contributed by atoms with van der Waals surface area (Å²) in [5.41, 5.74) is 1.97. The van der Waals surface area contributed by atoms with Crippen molar-refractivity contribution >= 4 is 11.6 Å². The average Bonchev–Trinajstić information content (AvgIpc) is 2.73. The number of nitrogens with one attached hydrogen (secondary N) is 4. The van der Waals surface area contributed by atoms with Crippen LogP contribution in [0.1, 0.15) is 41.9 Å². The van der Waals surface area contributed by atoms with Gasteiger partial charge in [-0.3, -0.25) is 19.7 Å². The molecule has 0 aromatic carbocycles. The van der Waals surface area contributed by atoms with Crippen molar-refractivity contribution in [1.82, 2.24) is 20.2 Å². The summed E-state index contributed by atoms with van der Waals surface area (Å²) in [6, 6.07) is 0. The molecule has 2 aromatic rings. The number of aromatic nitrogens is 4. The maximum atomic E-state index is 12.1. The molecule has 4 N–H and O–H groups in total. The first-order valence-corrected chi connectivity index (χ1v) is 6.94. The van der Waals surface area contributed by atoms with E-state index >= 15 is 0 Å². The lowest BCUT2D eigenvalue weighted by atomic mass is 9.95. The van der Waals surface area contributed by atoms with Crippen LogP contribution in [-0.4, -0.2) is 26.1 Å². The molecule has 0 aliphatic heterocycles. The molecule has 0 saturated heterocycles. The van der Waals surface area contributed by atoms with Crippen molar-refractivity contribution in [3.63, 3.8) is 0 Å². The second kappa shape index (κ2) is 6.00. The van der Waals surface area contributed by atoms with E-state index in [1.54, 1.807) is 6.92 Å². The van der Waals surface area contributed by atoms with Crippen molar-refractivity contribution in [3.8, 4) is 0 Å². The molecule has 0 saturated carbocycles. The molecule has 2 rings (SSSR count). The fourth-order valence-electron chi connectivity index (χ4n) is 2.61. The van der Waals surface area contributed by atoms with E-state index in [-0.39, 0.29) is 23.9 Å². The highest BCUT2D eigenvalue weighted by atomic mass is 16.2. The minimum atomic E-state index is -0.613. The van der Waals surface area contributed by atoms with Crippen molar-refractivity contribution in [2.45, 2.75) is 40.0 Å². The van der Waals surface area contributed by atoms with Gasteiger partial charge in [0, 0.05) is 17.8 Å². The summed E-state index contributed by atoms with van der Waals surface area (Å²) in [6.07, 6.45) is 0.208. The van der Waals surface area contributed by atoms with Crippen molar-refractivity contribution in [3.05, 3.63) is 43.5 Å². The number of amides is 1. The molecular weight excluding hydrogens is 286 g/mol. The average molecular weight is 305 g/mol. The Morgan fingerprint density at radius 1 is 1.18 bits per heavy atom. The van der Waals surface area contributed by atoms with Gasteiger partial charge in [-0.05, 0) is 32.3 Å². The number of carbonyl (C=O) groups excluding carboxylic acids is 1. The van der Waals surface area contributed by atoms with Gasteiger partial charge in [-0.1, -0.05) is 6.92 Å². The van der Waals surface area contributed by atoms with Crippen molar-refractivity contribution in [2.75, 3.05) is 5.32 Å². The Labute approximate surface area is 126 Å². The minimum absolute atomic E-state index is 0.0408. The van der Waals surface area contributed by atoms with Crippen LogP contribution >= 0.6 is 0 Å². The van der Waals surface area contributed by atoms with Crippen molar-refractivity contribution in [2.24, 2.45) is 0 Å². The zero-order valence-electron chi connectivity index (χ0n) is 13.0. The number of aromatic amines is 3. The van der Waals surface area contributed by atoms with Gasteiger partial charge >= 0.3 is 5.69 Å². The van der Waals surface area contributed by atoms with E-state index in [1.165, 1.54) is 0 Å². The highest BCUT2D eigenvalue weighted by molar-refractivity contribution is 5.91. The van der Waals surface area contributed by atoms with Gasteiger partial charge in [0.05, 0.1) is 5.69 Å². The lowest BCUT2D eigenvalue weighted by Crippen LogP contribution is -2.29. The third kappa shape index (κ3) is 3.16. The van der Waals surface area contributed by atoms with Gasteiger partial charge < -0.3 is 10.3 Å². The Kier molecular flexibility index (Phi) is 4.30. The molecule has 8 heteroatoms. The van der Waals surface area contributed by atoms with Gasteiger partial charge in [-0.25, -0.2) is 4.79 Å². The fraction of sp³-hybridized carbons (Fsp3) is 0.429. The third-order valence-electron chi connectivity index (χ3n) is 3.56.